The van der Waals surface area contributed by atoms with Crippen LogP contribution in [0.4, 0.5) is 0 Å². The Morgan fingerprint density at radius 1 is 0.971 bits per heavy atom. The van der Waals surface area contributed by atoms with Crippen LogP contribution in [0, 0.1) is 0 Å². The first-order chi connectivity index (χ1) is 16.5. The average Bonchev–Trinajstić information content (AvgIpc) is 2.79. The van der Waals surface area contributed by atoms with E-state index >= 15 is 0 Å². The van der Waals surface area contributed by atoms with Crippen LogP contribution in [0.2, 0.25) is 0 Å². The lowest BCUT2D eigenvalue weighted by Crippen LogP contribution is -2.42. The number of rotatable bonds is 11. The highest BCUT2D eigenvalue weighted by Crippen LogP contribution is 2.29. The van der Waals surface area contributed by atoms with Crippen LogP contribution in [-0.4, -0.2) is 98.1 Å². The molecule has 1 saturated heterocycles. The van der Waals surface area contributed by atoms with Crippen LogP contribution in [0.15, 0.2) is 18.2 Å². The summed E-state index contributed by atoms with van der Waals surface area (Å²) in [7, 11) is 3.81. The number of esters is 1. The number of carbonyl (C=O) groups excluding carboxylic acids is 3. The molecule has 0 unspecified atom stereocenters. The Bertz CT molecular complexity index is 859. The van der Waals surface area contributed by atoms with E-state index in [1.807, 2.05) is 30.8 Å². The number of hydrogen-bond donors (Lipinski definition) is 0. The van der Waals surface area contributed by atoms with Gasteiger partial charge in [0.2, 0.25) is 0 Å². The van der Waals surface area contributed by atoms with Crippen molar-refractivity contribution in [1.82, 2.24) is 14.7 Å². The number of carbonyl (C=O) groups is 3. The van der Waals surface area contributed by atoms with Gasteiger partial charge in [0.15, 0.2) is 18.1 Å². The molecule has 2 rings (SSSR count). The molecule has 9 heteroatoms. The van der Waals surface area contributed by atoms with Crippen LogP contribution in [0.3, 0.4) is 0 Å². The molecule has 196 valence electrons. The molecular weight excluding hydrogens is 450 g/mol. The predicted octanol–water partition coefficient (Wildman–Crippen LogP) is 2.82. The van der Waals surface area contributed by atoms with Gasteiger partial charge >= 0.3 is 5.97 Å². The van der Waals surface area contributed by atoms with Crippen LogP contribution in [0.25, 0.3) is 0 Å². The summed E-state index contributed by atoms with van der Waals surface area (Å²) in [4.78, 5) is 43.5. The lowest BCUT2D eigenvalue weighted by Gasteiger charge is -2.27. The van der Waals surface area contributed by atoms with E-state index in [-0.39, 0.29) is 25.0 Å². The van der Waals surface area contributed by atoms with E-state index in [0.29, 0.717) is 36.8 Å². The molecule has 0 aliphatic carbocycles. The van der Waals surface area contributed by atoms with Gasteiger partial charge in [-0.25, -0.2) is 0 Å². The minimum absolute atomic E-state index is 0.0560. The minimum Gasteiger partial charge on any atom is -0.490 e. The Kier molecular flexibility index (Phi) is 10.8. The number of likely N-dealkylation sites (N-methyl/N-ethyl adjacent to an activating group) is 1. The lowest BCUT2D eigenvalue weighted by atomic mass is 10.1. The predicted molar refractivity (Wildman–Crippen MR) is 134 cm³/mol. The number of benzene rings is 1. The normalized spacial score (nSPS) is 14.0. The molecule has 0 aromatic heterocycles. The molecule has 1 aromatic carbocycles. The first-order valence-electron chi connectivity index (χ1n) is 12.3. The molecule has 1 aliphatic heterocycles. The van der Waals surface area contributed by atoms with Gasteiger partial charge < -0.3 is 28.9 Å². The van der Waals surface area contributed by atoms with E-state index in [4.69, 9.17) is 14.2 Å². The zero-order valence-electron chi connectivity index (χ0n) is 22.1. The van der Waals surface area contributed by atoms with Crippen molar-refractivity contribution >= 4 is 17.8 Å². The third kappa shape index (κ3) is 9.76. The molecule has 0 saturated carbocycles. The Hall–Kier alpha value is -2.81. The Labute approximate surface area is 209 Å². The monoisotopic (exact) mass is 491 g/mol. The summed E-state index contributed by atoms with van der Waals surface area (Å²) in [6.45, 7) is 9.81. The van der Waals surface area contributed by atoms with Crippen LogP contribution >= 0.6 is 0 Å². The molecule has 1 aliphatic rings. The van der Waals surface area contributed by atoms with Gasteiger partial charge in [0.05, 0.1) is 6.61 Å². The van der Waals surface area contributed by atoms with E-state index in [0.717, 1.165) is 32.4 Å². The summed E-state index contributed by atoms with van der Waals surface area (Å²) in [6, 6.07) is 4.87. The van der Waals surface area contributed by atoms with Crippen molar-refractivity contribution in [2.75, 3.05) is 60.0 Å². The van der Waals surface area contributed by atoms with Crippen molar-refractivity contribution in [3.63, 3.8) is 0 Å². The van der Waals surface area contributed by atoms with Crippen molar-refractivity contribution in [2.24, 2.45) is 0 Å². The third-order valence-corrected chi connectivity index (χ3v) is 5.39. The van der Waals surface area contributed by atoms with Crippen LogP contribution in [-0.2, 0) is 14.3 Å². The fraction of sp³-hybridized carbons (Fsp3) is 0.654. The number of hydrogen-bond acceptors (Lipinski definition) is 7. The number of nitrogens with zero attached hydrogens (tertiary/aromatic N) is 3. The van der Waals surface area contributed by atoms with Gasteiger partial charge in [0, 0.05) is 31.7 Å². The fourth-order valence-corrected chi connectivity index (χ4v) is 3.69. The second-order valence-corrected chi connectivity index (χ2v) is 9.94. The zero-order chi connectivity index (χ0) is 26.0. The van der Waals surface area contributed by atoms with Gasteiger partial charge in [-0.3, -0.25) is 14.4 Å². The van der Waals surface area contributed by atoms with Crippen LogP contribution in [0.5, 0.6) is 11.5 Å². The topological polar surface area (TPSA) is 88.6 Å². The molecule has 0 bridgehead atoms. The first-order valence-corrected chi connectivity index (χ1v) is 12.3. The van der Waals surface area contributed by atoms with Gasteiger partial charge in [-0.05, 0) is 79.3 Å². The minimum atomic E-state index is -0.639. The average molecular weight is 492 g/mol. The van der Waals surface area contributed by atoms with E-state index in [2.05, 4.69) is 0 Å². The van der Waals surface area contributed by atoms with Gasteiger partial charge in [-0.2, -0.15) is 0 Å². The van der Waals surface area contributed by atoms with Crippen molar-refractivity contribution in [2.45, 2.75) is 52.6 Å². The van der Waals surface area contributed by atoms with Crippen LogP contribution < -0.4 is 9.47 Å². The molecule has 1 aromatic rings. The van der Waals surface area contributed by atoms with E-state index in [9.17, 15) is 14.4 Å². The Morgan fingerprint density at radius 2 is 1.66 bits per heavy atom. The number of ether oxygens (including phenoxy) is 3. The van der Waals surface area contributed by atoms with Gasteiger partial charge in [-0.15, -0.1) is 0 Å². The van der Waals surface area contributed by atoms with Crippen molar-refractivity contribution in [1.29, 1.82) is 0 Å². The van der Waals surface area contributed by atoms with Crippen LogP contribution in [0.1, 0.15) is 57.3 Å². The van der Waals surface area contributed by atoms with Gasteiger partial charge in [0.25, 0.3) is 11.8 Å². The highest BCUT2D eigenvalue weighted by molar-refractivity contribution is 5.96. The van der Waals surface area contributed by atoms with E-state index < -0.39 is 11.6 Å². The summed E-state index contributed by atoms with van der Waals surface area (Å²) in [6.07, 6.45) is 3.18. The third-order valence-electron chi connectivity index (χ3n) is 5.39. The molecule has 0 radical (unpaired) electrons. The summed E-state index contributed by atoms with van der Waals surface area (Å²) < 4.78 is 16.9. The highest BCUT2D eigenvalue weighted by Gasteiger charge is 2.24. The highest BCUT2D eigenvalue weighted by atomic mass is 16.6. The Balaban J connectivity index is 2.15. The lowest BCUT2D eigenvalue weighted by molar-refractivity contribution is -0.155. The second kappa shape index (κ2) is 13.3. The molecular formula is C26H41N3O6. The largest absolute Gasteiger partial charge is 0.490 e. The molecule has 0 spiro atoms. The van der Waals surface area contributed by atoms with Gasteiger partial charge in [-0.1, -0.05) is 0 Å². The molecule has 0 atom stereocenters. The van der Waals surface area contributed by atoms with Crippen molar-refractivity contribution in [3.05, 3.63) is 23.8 Å². The number of likely N-dealkylation sites (tertiary alicyclic amines) is 1. The van der Waals surface area contributed by atoms with E-state index in [1.165, 1.54) is 4.90 Å². The Morgan fingerprint density at radius 3 is 2.26 bits per heavy atom. The van der Waals surface area contributed by atoms with Crippen molar-refractivity contribution < 1.29 is 28.6 Å². The molecule has 9 nitrogen and oxygen atoms in total. The summed E-state index contributed by atoms with van der Waals surface area (Å²) in [5, 5.41) is 0. The number of piperidine rings is 1. The molecule has 35 heavy (non-hydrogen) atoms. The molecule has 1 fully saturated rings. The van der Waals surface area contributed by atoms with Gasteiger partial charge in [0.1, 0.15) is 12.1 Å². The summed E-state index contributed by atoms with van der Waals surface area (Å²) >= 11 is 0. The molecule has 0 N–H and O–H groups in total. The standard InChI is InChI=1S/C26H41N3O6/c1-7-33-22-17-20(11-12-21(22)34-19-23(30)28-13-9-8-10-14-28)25(32)29(16-15-27(5)6)18-24(31)35-26(2,3)4/h11-12,17H,7-10,13-16,18-19H2,1-6H3. The molecule has 1 heterocycles. The maximum Gasteiger partial charge on any atom is 0.326 e. The summed E-state index contributed by atoms with van der Waals surface area (Å²) in [5.41, 5.74) is -0.273. The van der Waals surface area contributed by atoms with Crippen molar-refractivity contribution in [3.8, 4) is 11.5 Å². The fourth-order valence-electron chi connectivity index (χ4n) is 3.69. The quantitative estimate of drug-likeness (QED) is 0.440. The number of amides is 2. The summed E-state index contributed by atoms with van der Waals surface area (Å²) in [5.74, 6) is -0.0460. The molecule has 2 amide bonds. The van der Waals surface area contributed by atoms with E-state index in [1.54, 1.807) is 39.0 Å². The zero-order valence-corrected chi connectivity index (χ0v) is 22.1. The smallest absolute Gasteiger partial charge is 0.326 e. The first kappa shape index (κ1) is 28.4. The SMILES string of the molecule is CCOc1cc(C(=O)N(CCN(C)C)CC(=O)OC(C)(C)C)ccc1OCC(=O)N1CCCCC1. The second-order valence-electron chi connectivity index (χ2n) is 9.94. The maximum absolute atomic E-state index is 13.3. The maximum atomic E-state index is 13.3.